The lowest BCUT2D eigenvalue weighted by Crippen LogP contribution is -2.48. The van der Waals surface area contributed by atoms with Crippen LogP contribution in [0.1, 0.15) is 6.92 Å². The molecular weight excluding hydrogens is 349 g/mol. The van der Waals surface area contributed by atoms with Gasteiger partial charge in [0.25, 0.3) is 0 Å². The van der Waals surface area contributed by atoms with Gasteiger partial charge in [0, 0.05) is 44.9 Å². The van der Waals surface area contributed by atoms with Crippen LogP contribution in [0, 0.1) is 0 Å². The van der Waals surface area contributed by atoms with Gasteiger partial charge in [-0.15, -0.1) is 0 Å². The molecule has 0 aliphatic carbocycles. The summed E-state index contributed by atoms with van der Waals surface area (Å²) in [7, 11) is 0. The van der Waals surface area contributed by atoms with Crippen molar-refractivity contribution in [2.24, 2.45) is 0 Å². The van der Waals surface area contributed by atoms with Gasteiger partial charge in [0.05, 0.1) is 10.0 Å². The Labute approximate surface area is 150 Å². The fourth-order valence-corrected chi connectivity index (χ4v) is 2.86. The van der Waals surface area contributed by atoms with Gasteiger partial charge >= 0.3 is 0 Å². The van der Waals surface area contributed by atoms with Crippen LogP contribution in [0.15, 0.2) is 30.6 Å². The van der Waals surface area contributed by atoms with Crippen molar-refractivity contribution in [1.82, 2.24) is 14.9 Å². The van der Waals surface area contributed by atoms with Crippen molar-refractivity contribution in [2.75, 3.05) is 36.4 Å². The second-order valence-electron chi connectivity index (χ2n) is 5.51. The molecule has 0 saturated carbocycles. The molecule has 2 heterocycles. The molecule has 1 saturated heterocycles. The van der Waals surface area contributed by atoms with E-state index in [0.717, 1.165) is 24.6 Å². The average Bonchev–Trinajstić information content (AvgIpc) is 2.58. The molecule has 126 valence electrons. The fraction of sp³-hybridized carbons (Fsp3) is 0.312. The molecule has 0 unspecified atom stereocenters. The monoisotopic (exact) mass is 365 g/mol. The molecule has 3 rings (SSSR count). The standard InChI is InChI=1S/C16H17Cl2N5O/c1-11(24)22-4-6-23(7-5-22)16-9-15(19-10-20-16)21-12-2-3-13(17)14(18)8-12/h2-3,8-10H,4-7H2,1H3,(H,19,20,21). The number of aromatic nitrogens is 2. The van der Waals surface area contributed by atoms with E-state index < -0.39 is 0 Å². The van der Waals surface area contributed by atoms with Gasteiger partial charge in [-0.05, 0) is 18.2 Å². The summed E-state index contributed by atoms with van der Waals surface area (Å²) in [5, 5.41) is 4.18. The minimum Gasteiger partial charge on any atom is -0.353 e. The highest BCUT2D eigenvalue weighted by atomic mass is 35.5. The van der Waals surface area contributed by atoms with Crippen LogP contribution in [0.2, 0.25) is 10.0 Å². The maximum absolute atomic E-state index is 11.4. The molecule has 2 aromatic rings. The molecule has 0 spiro atoms. The van der Waals surface area contributed by atoms with E-state index in [0.29, 0.717) is 29.0 Å². The molecule has 1 aromatic heterocycles. The number of hydrogen-bond acceptors (Lipinski definition) is 5. The number of benzene rings is 1. The number of nitrogens with zero attached hydrogens (tertiary/aromatic N) is 4. The molecule has 6 nitrogen and oxygen atoms in total. The van der Waals surface area contributed by atoms with Gasteiger partial charge in [0.15, 0.2) is 0 Å². The smallest absolute Gasteiger partial charge is 0.219 e. The number of hydrogen-bond donors (Lipinski definition) is 1. The molecule has 1 aromatic carbocycles. The summed E-state index contributed by atoms with van der Waals surface area (Å²) in [5.74, 6) is 1.61. The summed E-state index contributed by atoms with van der Waals surface area (Å²) in [6.45, 7) is 4.51. The molecule has 8 heteroatoms. The van der Waals surface area contributed by atoms with Crippen molar-refractivity contribution in [1.29, 1.82) is 0 Å². The zero-order valence-electron chi connectivity index (χ0n) is 13.2. The van der Waals surface area contributed by atoms with Crippen molar-refractivity contribution in [3.8, 4) is 0 Å². The van der Waals surface area contributed by atoms with Gasteiger partial charge in [0.1, 0.15) is 18.0 Å². The predicted octanol–water partition coefficient (Wildman–Crippen LogP) is 3.20. The Balaban J connectivity index is 1.70. The van der Waals surface area contributed by atoms with Crippen molar-refractivity contribution in [3.05, 3.63) is 40.6 Å². The minimum atomic E-state index is 0.110. The average molecular weight is 366 g/mol. The highest BCUT2D eigenvalue weighted by Gasteiger charge is 2.19. The zero-order valence-corrected chi connectivity index (χ0v) is 14.7. The Morgan fingerprint density at radius 1 is 1.08 bits per heavy atom. The Bertz CT molecular complexity index is 747. The lowest BCUT2D eigenvalue weighted by molar-refractivity contribution is -0.129. The third-order valence-corrected chi connectivity index (χ3v) is 4.63. The summed E-state index contributed by atoms with van der Waals surface area (Å²) < 4.78 is 0. The topological polar surface area (TPSA) is 61.4 Å². The molecule has 1 aliphatic rings. The maximum atomic E-state index is 11.4. The van der Waals surface area contributed by atoms with Crippen LogP contribution in [-0.2, 0) is 4.79 Å². The van der Waals surface area contributed by atoms with E-state index in [1.165, 1.54) is 6.33 Å². The van der Waals surface area contributed by atoms with Crippen molar-refractivity contribution in [2.45, 2.75) is 6.92 Å². The van der Waals surface area contributed by atoms with Gasteiger partial charge in [-0.3, -0.25) is 4.79 Å². The number of anilines is 3. The third-order valence-electron chi connectivity index (χ3n) is 3.89. The molecule has 24 heavy (non-hydrogen) atoms. The normalized spacial score (nSPS) is 14.6. The Kier molecular flexibility index (Phi) is 5.06. The maximum Gasteiger partial charge on any atom is 0.219 e. The first kappa shape index (κ1) is 16.8. The summed E-state index contributed by atoms with van der Waals surface area (Å²) in [5.41, 5.74) is 0.801. The first-order chi connectivity index (χ1) is 11.5. The summed E-state index contributed by atoms with van der Waals surface area (Å²) in [6, 6.07) is 7.19. The quantitative estimate of drug-likeness (QED) is 0.904. The van der Waals surface area contributed by atoms with Crippen LogP contribution in [0.4, 0.5) is 17.3 Å². The van der Waals surface area contributed by atoms with E-state index in [1.54, 1.807) is 19.1 Å². The summed E-state index contributed by atoms with van der Waals surface area (Å²) >= 11 is 12.0. The van der Waals surface area contributed by atoms with Crippen LogP contribution in [-0.4, -0.2) is 47.0 Å². The number of piperazine rings is 1. The SMILES string of the molecule is CC(=O)N1CCN(c2cc(Nc3ccc(Cl)c(Cl)c3)ncn2)CC1. The van der Waals surface area contributed by atoms with Crippen molar-refractivity contribution < 1.29 is 4.79 Å². The van der Waals surface area contributed by atoms with Crippen molar-refractivity contribution >= 4 is 46.4 Å². The Morgan fingerprint density at radius 3 is 2.50 bits per heavy atom. The molecule has 1 aliphatic heterocycles. The molecule has 0 atom stereocenters. The van der Waals surface area contributed by atoms with E-state index >= 15 is 0 Å². The first-order valence-electron chi connectivity index (χ1n) is 7.57. The number of carbonyl (C=O) groups is 1. The molecule has 1 N–H and O–H groups in total. The van der Waals surface area contributed by atoms with E-state index in [2.05, 4.69) is 20.2 Å². The predicted molar refractivity (Wildman–Crippen MR) is 96.2 cm³/mol. The molecule has 0 bridgehead atoms. The van der Waals surface area contributed by atoms with Gasteiger partial charge in [0.2, 0.25) is 5.91 Å². The molecular formula is C16H17Cl2N5O. The second-order valence-corrected chi connectivity index (χ2v) is 6.32. The van der Waals surface area contributed by atoms with Gasteiger partial charge in [-0.1, -0.05) is 23.2 Å². The van der Waals surface area contributed by atoms with E-state index in [9.17, 15) is 4.79 Å². The number of halogens is 2. The zero-order chi connectivity index (χ0) is 17.1. The lowest BCUT2D eigenvalue weighted by Gasteiger charge is -2.34. The highest BCUT2D eigenvalue weighted by Crippen LogP contribution is 2.27. The molecule has 0 radical (unpaired) electrons. The van der Waals surface area contributed by atoms with Crippen LogP contribution >= 0.6 is 23.2 Å². The van der Waals surface area contributed by atoms with Gasteiger partial charge in [-0.25, -0.2) is 9.97 Å². The third kappa shape index (κ3) is 3.88. The summed E-state index contributed by atoms with van der Waals surface area (Å²) in [6.07, 6.45) is 1.52. The Morgan fingerprint density at radius 2 is 1.83 bits per heavy atom. The summed E-state index contributed by atoms with van der Waals surface area (Å²) in [4.78, 5) is 23.9. The highest BCUT2D eigenvalue weighted by molar-refractivity contribution is 6.42. The van der Waals surface area contributed by atoms with Crippen LogP contribution < -0.4 is 10.2 Å². The van der Waals surface area contributed by atoms with Crippen LogP contribution in [0.25, 0.3) is 0 Å². The van der Waals surface area contributed by atoms with E-state index in [-0.39, 0.29) is 5.91 Å². The van der Waals surface area contributed by atoms with E-state index in [1.807, 2.05) is 17.0 Å². The lowest BCUT2D eigenvalue weighted by atomic mass is 10.3. The molecule has 1 fully saturated rings. The van der Waals surface area contributed by atoms with Crippen LogP contribution in [0.3, 0.4) is 0 Å². The van der Waals surface area contributed by atoms with Gasteiger partial charge < -0.3 is 15.1 Å². The largest absolute Gasteiger partial charge is 0.353 e. The van der Waals surface area contributed by atoms with Crippen LogP contribution in [0.5, 0.6) is 0 Å². The van der Waals surface area contributed by atoms with E-state index in [4.69, 9.17) is 23.2 Å². The molecule has 1 amide bonds. The van der Waals surface area contributed by atoms with Gasteiger partial charge in [-0.2, -0.15) is 0 Å². The number of nitrogens with one attached hydrogen (secondary N) is 1. The second kappa shape index (κ2) is 7.23. The number of amides is 1. The van der Waals surface area contributed by atoms with Crippen molar-refractivity contribution in [3.63, 3.8) is 0 Å². The first-order valence-corrected chi connectivity index (χ1v) is 8.33. The number of carbonyl (C=O) groups excluding carboxylic acids is 1. The minimum absolute atomic E-state index is 0.110. The number of rotatable bonds is 3. The Hall–Kier alpha value is -2.05. The fourth-order valence-electron chi connectivity index (χ4n) is 2.56.